The van der Waals surface area contributed by atoms with Crippen LogP contribution in [0.1, 0.15) is 49.2 Å². The number of imidazole rings is 1. The molecule has 0 bridgehead atoms. The van der Waals surface area contributed by atoms with Crippen molar-refractivity contribution in [3.05, 3.63) is 48.0 Å². The largest absolute Gasteiger partial charge is 0.381 e. The molecular formula is C21H28N4O2. The van der Waals surface area contributed by atoms with Crippen molar-refractivity contribution in [2.24, 2.45) is 0 Å². The number of rotatable bonds is 3. The number of urea groups is 1. The highest BCUT2D eigenvalue weighted by molar-refractivity contribution is 5.89. The predicted molar refractivity (Wildman–Crippen MR) is 105 cm³/mol. The molecule has 1 atom stereocenters. The van der Waals surface area contributed by atoms with Gasteiger partial charge in [-0.25, -0.2) is 9.78 Å². The second-order valence-corrected chi connectivity index (χ2v) is 7.55. The van der Waals surface area contributed by atoms with Crippen LogP contribution < -0.4 is 5.32 Å². The van der Waals surface area contributed by atoms with E-state index in [-0.39, 0.29) is 6.03 Å². The summed E-state index contributed by atoms with van der Waals surface area (Å²) in [6.45, 7) is 5.28. The third-order valence-corrected chi connectivity index (χ3v) is 5.67. The Morgan fingerprint density at radius 3 is 2.74 bits per heavy atom. The van der Waals surface area contributed by atoms with E-state index in [0.29, 0.717) is 12.0 Å². The van der Waals surface area contributed by atoms with Gasteiger partial charge in [0.2, 0.25) is 0 Å². The molecule has 1 N–H and O–H groups in total. The van der Waals surface area contributed by atoms with Crippen LogP contribution in [0.4, 0.5) is 10.5 Å². The smallest absolute Gasteiger partial charge is 0.321 e. The predicted octanol–water partition coefficient (Wildman–Crippen LogP) is 3.95. The summed E-state index contributed by atoms with van der Waals surface area (Å²) in [5, 5.41) is 3.02. The molecule has 1 aromatic carbocycles. The first-order valence-electron chi connectivity index (χ1n) is 9.95. The Morgan fingerprint density at radius 1 is 1.19 bits per heavy atom. The van der Waals surface area contributed by atoms with Crippen molar-refractivity contribution in [3.63, 3.8) is 0 Å². The van der Waals surface area contributed by atoms with Gasteiger partial charge in [0.15, 0.2) is 0 Å². The van der Waals surface area contributed by atoms with E-state index >= 15 is 0 Å². The SMILES string of the molecule is Cc1cnc(C2CCOCC2)n1C1CCCN(C(=O)Nc2ccccc2)C1. The van der Waals surface area contributed by atoms with Gasteiger partial charge in [-0.3, -0.25) is 0 Å². The van der Waals surface area contributed by atoms with Crippen LogP contribution in [0.5, 0.6) is 0 Å². The number of aryl methyl sites for hydroxylation is 1. The highest BCUT2D eigenvalue weighted by Crippen LogP contribution is 2.32. The van der Waals surface area contributed by atoms with Crippen LogP contribution in [0.2, 0.25) is 0 Å². The highest BCUT2D eigenvalue weighted by Gasteiger charge is 2.30. The van der Waals surface area contributed by atoms with Crippen molar-refractivity contribution < 1.29 is 9.53 Å². The first-order chi connectivity index (χ1) is 13.2. The average Bonchev–Trinajstić information content (AvgIpc) is 3.11. The van der Waals surface area contributed by atoms with E-state index < -0.39 is 0 Å². The van der Waals surface area contributed by atoms with Crippen LogP contribution in [0.3, 0.4) is 0 Å². The molecule has 6 heteroatoms. The Balaban J connectivity index is 1.48. The molecule has 2 saturated heterocycles. The van der Waals surface area contributed by atoms with Crippen LogP contribution in [-0.2, 0) is 4.74 Å². The highest BCUT2D eigenvalue weighted by atomic mass is 16.5. The van der Waals surface area contributed by atoms with Gasteiger partial charge in [-0.15, -0.1) is 0 Å². The van der Waals surface area contributed by atoms with Crippen LogP contribution in [0, 0.1) is 6.92 Å². The van der Waals surface area contributed by atoms with E-state index in [0.717, 1.165) is 57.7 Å². The molecule has 0 radical (unpaired) electrons. The quantitative estimate of drug-likeness (QED) is 0.892. The third kappa shape index (κ3) is 4.00. The summed E-state index contributed by atoms with van der Waals surface area (Å²) >= 11 is 0. The van der Waals surface area contributed by atoms with Crippen molar-refractivity contribution in [2.75, 3.05) is 31.6 Å². The standard InChI is InChI=1S/C21H28N4O2/c1-16-14-22-20(17-9-12-27-13-10-17)25(16)19-8-5-11-24(15-19)21(26)23-18-6-3-2-4-7-18/h2-4,6-7,14,17,19H,5,8-13,15H2,1H3,(H,23,26). The van der Waals surface area contributed by atoms with Crippen molar-refractivity contribution in [2.45, 2.75) is 44.6 Å². The van der Waals surface area contributed by atoms with E-state index in [1.165, 1.54) is 11.5 Å². The Kier molecular flexibility index (Phi) is 5.43. The molecule has 1 unspecified atom stereocenters. The number of carbonyl (C=O) groups excluding carboxylic acids is 1. The molecule has 2 aromatic rings. The lowest BCUT2D eigenvalue weighted by molar-refractivity contribution is 0.0817. The summed E-state index contributed by atoms with van der Waals surface area (Å²) in [6, 6.07) is 9.93. The maximum Gasteiger partial charge on any atom is 0.321 e. The molecular weight excluding hydrogens is 340 g/mol. The fourth-order valence-electron chi connectivity index (χ4n) is 4.27. The lowest BCUT2D eigenvalue weighted by Crippen LogP contribution is -2.43. The van der Waals surface area contributed by atoms with Gasteiger partial charge in [0.1, 0.15) is 5.82 Å². The zero-order chi connectivity index (χ0) is 18.6. The van der Waals surface area contributed by atoms with E-state index in [4.69, 9.17) is 9.72 Å². The molecule has 144 valence electrons. The van der Waals surface area contributed by atoms with Gasteiger partial charge in [0, 0.05) is 49.8 Å². The molecule has 2 aliphatic heterocycles. The van der Waals surface area contributed by atoms with E-state index in [1.54, 1.807) is 0 Å². The number of hydrogen-bond donors (Lipinski definition) is 1. The number of hydrogen-bond acceptors (Lipinski definition) is 3. The summed E-state index contributed by atoms with van der Waals surface area (Å²) in [5.74, 6) is 1.63. The van der Waals surface area contributed by atoms with Crippen molar-refractivity contribution in [1.29, 1.82) is 0 Å². The maximum atomic E-state index is 12.7. The lowest BCUT2D eigenvalue weighted by Gasteiger charge is -2.36. The molecule has 2 fully saturated rings. The lowest BCUT2D eigenvalue weighted by atomic mass is 9.98. The number of anilines is 1. The van der Waals surface area contributed by atoms with Gasteiger partial charge in [-0.05, 0) is 44.7 Å². The second kappa shape index (κ2) is 8.13. The van der Waals surface area contributed by atoms with E-state index in [1.807, 2.05) is 41.4 Å². The summed E-state index contributed by atoms with van der Waals surface area (Å²) in [5.41, 5.74) is 2.03. The van der Waals surface area contributed by atoms with Crippen molar-refractivity contribution >= 4 is 11.7 Å². The number of amides is 2. The molecule has 1 aromatic heterocycles. The minimum absolute atomic E-state index is 0.0173. The normalized spacial score (nSPS) is 21.2. The van der Waals surface area contributed by atoms with Gasteiger partial charge >= 0.3 is 6.03 Å². The zero-order valence-corrected chi connectivity index (χ0v) is 15.9. The molecule has 2 amide bonds. The minimum Gasteiger partial charge on any atom is -0.381 e. The first-order valence-corrected chi connectivity index (χ1v) is 9.95. The number of ether oxygens (including phenoxy) is 1. The minimum atomic E-state index is -0.0173. The number of aromatic nitrogens is 2. The second-order valence-electron chi connectivity index (χ2n) is 7.55. The molecule has 0 aliphatic carbocycles. The van der Waals surface area contributed by atoms with Crippen LogP contribution >= 0.6 is 0 Å². The zero-order valence-electron chi connectivity index (χ0n) is 15.9. The molecule has 0 saturated carbocycles. The Hall–Kier alpha value is -2.34. The summed E-state index contributed by atoms with van der Waals surface area (Å²) < 4.78 is 7.91. The first kappa shape index (κ1) is 18.0. The molecule has 27 heavy (non-hydrogen) atoms. The number of likely N-dealkylation sites (tertiary alicyclic amines) is 1. The fraction of sp³-hybridized carbons (Fsp3) is 0.524. The summed E-state index contributed by atoms with van der Waals surface area (Å²) in [7, 11) is 0. The summed E-state index contributed by atoms with van der Waals surface area (Å²) in [6.07, 6.45) is 6.14. The number of benzene rings is 1. The number of nitrogens with one attached hydrogen (secondary N) is 1. The van der Waals surface area contributed by atoms with Gasteiger partial charge in [0.25, 0.3) is 0 Å². The van der Waals surface area contributed by atoms with Gasteiger partial charge in [-0.1, -0.05) is 18.2 Å². The molecule has 0 spiro atoms. The summed E-state index contributed by atoms with van der Waals surface area (Å²) in [4.78, 5) is 19.4. The number of piperidine rings is 1. The van der Waals surface area contributed by atoms with Crippen molar-refractivity contribution in [1.82, 2.24) is 14.5 Å². The molecule has 4 rings (SSSR count). The number of carbonyl (C=O) groups is 1. The van der Waals surface area contributed by atoms with Crippen LogP contribution in [0.25, 0.3) is 0 Å². The Bertz CT molecular complexity index is 768. The van der Waals surface area contributed by atoms with E-state index in [2.05, 4.69) is 16.8 Å². The average molecular weight is 368 g/mol. The Labute approximate surface area is 160 Å². The van der Waals surface area contributed by atoms with Gasteiger partial charge in [-0.2, -0.15) is 0 Å². The van der Waals surface area contributed by atoms with Gasteiger partial charge in [0.05, 0.1) is 6.04 Å². The van der Waals surface area contributed by atoms with Crippen LogP contribution in [-0.4, -0.2) is 46.8 Å². The van der Waals surface area contributed by atoms with Crippen LogP contribution in [0.15, 0.2) is 36.5 Å². The monoisotopic (exact) mass is 368 g/mol. The molecule has 3 heterocycles. The number of para-hydroxylation sites is 1. The topological polar surface area (TPSA) is 59.4 Å². The third-order valence-electron chi connectivity index (χ3n) is 5.67. The van der Waals surface area contributed by atoms with E-state index in [9.17, 15) is 4.79 Å². The Morgan fingerprint density at radius 2 is 1.96 bits per heavy atom. The molecule has 2 aliphatic rings. The van der Waals surface area contributed by atoms with Crippen molar-refractivity contribution in [3.8, 4) is 0 Å². The van der Waals surface area contributed by atoms with Gasteiger partial charge < -0.3 is 19.5 Å². The fourth-order valence-corrected chi connectivity index (χ4v) is 4.27. The maximum absolute atomic E-state index is 12.7. The number of nitrogens with zero attached hydrogens (tertiary/aromatic N) is 3. The molecule has 6 nitrogen and oxygen atoms in total.